The molecule has 0 aliphatic carbocycles. The minimum atomic E-state index is -2.85. The molecule has 0 bridgehead atoms. The van der Waals surface area contributed by atoms with E-state index in [9.17, 15) is 0 Å². The van der Waals surface area contributed by atoms with Crippen molar-refractivity contribution in [2.24, 2.45) is 0 Å². The molecule has 0 aliphatic heterocycles. The van der Waals surface area contributed by atoms with E-state index in [1.165, 1.54) is 0 Å². The molecule has 0 aromatic carbocycles. The summed E-state index contributed by atoms with van der Waals surface area (Å²) in [6.07, 6.45) is 0. The van der Waals surface area contributed by atoms with Crippen LogP contribution < -0.4 is 28.0 Å². The monoisotopic (exact) mass is 273 g/mol. The van der Waals surface area contributed by atoms with Gasteiger partial charge in [-0.2, -0.15) is 0 Å². The van der Waals surface area contributed by atoms with Gasteiger partial charge in [0.05, 0.1) is 21.6 Å². The van der Waals surface area contributed by atoms with Crippen molar-refractivity contribution in [1.82, 2.24) is 0 Å². The zero-order valence-electron chi connectivity index (χ0n) is 3.51. The van der Waals surface area contributed by atoms with Crippen LogP contribution in [-0.4, -0.2) is 0 Å². The Morgan fingerprint density at radius 2 is 0.556 bits per heavy atom. The summed E-state index contributed by atoms with van der Waals surface area (Å²) < 4.78 is 50.4. The maximum absolute atomic E-state index is 8.41. The van der Waals surface area contributed by atoms with E-state index in [0.717, 1.165) is 0 Å². The molecule has 0 saturated heterocycles. The molecule has 0 heterocycles. The SMILES string of the molecule is [Ag+2].[O-][Cl+2]([O-])[O-].[O-][Cl+2]([O-])[O-]. The van der Waals surface area contributed by atoms with Gasteiger partial charge in [0.15, 0.2) is 0 Å². The Bertz CT molecular complexity index is 26.5. The van der Waals surface area contributed by atoms with Gasteiger partial charge in [-0.05, 0) is 0 Å². The van der Waals surface area contributed by atoms with Crippen molar-refractivity contribution in [3.8, 4) is 0 Å². The molecule has 0 spiro atoms. The van der Waals surface area contributed by atoms with Crippen LogP contribution in [0.1, 0.15) is 0 Å². The molecule has 1 radical (unpaired) electrons. The van der Waals surface area contributed by atoms with Crippen molar-refractivity contribution in [1.29, 1.82) is 0 Å². The molecule has 0 N–H and O–H groups in total. The maximum atomic E-state index is 8.41. The van der Waals surface area contributed by atoms with E-state index in [2.05, 4.69) is 0 Å². The standard InChI is InChI=1S/Ag.2ClO3/c;2*2-1(3)4/q+2;2*-1. The van der Waals surface area contributed by atoms with Crippen LogP contribution >= 0.6 is 0 Å². The summed E-state index contributed by atoms with van der Waals surface area (Å²) in [6.45, 7) is 0. The van der Waals surface area contributed by atoms with Crippen molar-refractivity contribution in [3.63, 3.8) is 0 Å². The van der Waals surface area contributed by atoms with Gasteiger partial charge in [0.25, 0.3) is 0 Å². The van der Waals surface area contributed by atoms with Crippen LogP contribution in [0.2, 0.25) is 0 Å². The Balaban J connectivity index is -0.0000000720. The molecule has 0 amide bonds. The average molecular weight is 275 g/mol. The first-order valence-corrected chi connectivity index (χ1v) is 2.78. The summed E-state index contributed by atoms with van der Waals surface area (Å²) in [5, 5.41) is 0. The van der Waals surface area contributed by atoms with E-state index in [-0.39, 0.29) is 22.4 Å². The van der Waals surface area contributed by atoms with Gasteiger partial charge in [0.1, 0.15) is 0 Å². The van der Waals surface area contributed by atoms with Crippen LogP contribution in [0.15, 0.2) is 0 Å². The smallest absolute Gasteiger partial charge is 0.357 e. The Labute approximate surface area is 72.0 Å². The third-order valence-corrected chi connectivity index (χ3v) is 0. The van der Waals surface area contributed by atoms with Crippen molar-refractivity contribution in [2.45, 2.75) is 0 Å². The minimum Gasteiger partial charge on any atom is -0.357 e. The predicted octanol–water partition coefficient (Wildman–Crippen LogP) is -7.14. The second-order valence-corrected chi connectivity index (χ2v) is 1.13. The zero-order valence-corrected chi connectivity index (χ0v) is 6.50. The Kier molecular flexibility index (Phi) is 21.8. The Morgan fingerprint density at radius 1 is 0.556 bits per heavy atom. The van der Waals surface area contributed by atoms with Crippen molar-refractivity contribution in [3.05, 3.63) is 0 Å². The molecule has 0 aromatic rings. The predicted molar refractivity (Wildman–Crippen MR) is 0 cm³/mol. The van der Waals surface area contributed by atoms with Crippen molar-refractivity contribution in [2.75, 3.05) is 0 Å². The summed E-state index contributed by atoms with van der Waals surface area (Å²) in [6, 6.07) is 0. The maximum Gasteiger partial charge on any atom is 2.00 e. The summed E-state index contributed by atoms with van der Waals surface area (Å²) >= 11 is 0. The molecule has 0 aliphatic rings. The molecule has 0 atom stereocenters. The van der Waals surface area contributed by atoms with Crippen LogP contribution in [0.3, 0.4) is 0 Å². The molecule has 9 heteroatoms. The van der Waals surface area contributed by atoms with Gasteiger partial charge >= 0.3 is 22.4 Å². The Morgan fingerprint density at radius 3 is 0.556 bits per heavy atom. The molecule has 0 fully saturated rings. The van der Waals surface area contributed by atoms with Crippen LogP contribution in [0.25, 0.3) is 0 Å². The average Bonchev–Trinajstić information content (AvgIpc) is 1.25. The second-order valence-electron chi connectivity index (χ2n) is 0.378. The van der Waals surface area contributed by atoms with Gasteiger partial charge in [0, 0.05) is 0 Å². The summed E-state index contributed by atoms with van der Waals surface area (Å²) in [7, 11) is -5.70. The molecule has 0 saturated carbocycles. The number of hydrogen-bond donors (Lipinski definition) is 0. The number of rotatable bonds is 0. The number of halogens is 2. The molecule has 6 nitrogen and oxygen atoms in total. The summed E-state index contributed by atoms with van der Waals surface area (Å²) in [4.78, 5) is 0. The third-order valence-electron chi connectivity index (χ3n) is 0. The largest absolute Gasteiger partial charge is 2.00 e. The van der Waals surface area contributed by atoms with Gasteiger partial charge in [-0.15, -0.1) is 0 Å². The second kappa shape index (κ2) is 11.8. The molecule has 0 aromatic heterocycles. The van der Waals surface area contributed by atoms with E-state index in [4.69, 9.17) is 28.0 Å². The molecular formula is AgCl2O6. The van der Waals surface area contributed by atoms with Crippen LogP contribution in [-0.2, 0) is 22.4 Å². The van der Waals surface area contributed by atoms with Gasteiger partial charge in [-0.25, -0.2) is 0 Å². The minimum absolute atomic E-state index is 0. The van der Waals surface area contributed by atoms with Crippen molar-refractivity contribution < 1.29 is 71.9 Å². The third kappa shape index (κ3) is 390. The zero-order chi connectivity index (χ0) is 7.15. The van der Waals surface area contributed by atoms with E-state index in [1.54, 1.807) is 0 Å². The van der Waals surface area contributed by atoms with Gasteiger partial charge in [-0.1, -0.05) is 0 Å². The quantitative estimate of drug-likeness (QED) is 0.402. The molecule has 9 heavy (non-hydrogen) atoms. The van der Waals surface area contributed by atoms with E-state index in [0.29, 0.717) is 0 Å². The Hall–Kier alpha value is 1.08. The molecule has 0 unspecified atom stereocenters. The van der Waals surface area contributed by atoms with Gasteiger partial charge in [0.2, 0.25) is 0 Å². The normalized spacial score (nSPS) is 8.00. The van der Waals surface area contributed by atoms with Crippen molar-refractivity contribution >= 4 is 0 Å². The van der Waals surface area contributed by atoms with Crippen LogP contribution in [0.4, 0.5) is 0 Å². The number of hydrogen-bond acceptors (Lipinski definition) is 6. The van der Waals surface area contributed by atoms with Gasteiger partial charge in [-0.3, -0.25) is 0 Å². The summed E-state index contributed by atoms with van der Waals surface area (Å²) in [5.74, 6) is 0. The van der Waals surface area contributed by atoms with E-state index >= 15 is 0 Å². The molecule has 61 valence electrons. The van der Waals surface area contributed by atoms with Crippen LogP contribution in [0, 0.1) is 21.6 Å². The first-order valence-electron chi connectivity index (χ1n) is 0.926. The topological polar surface area (TPSA) is 138 Å². The summed E-state index contributed by atoms with van der Waals surface area (Å²) in [5.41, 5.74) is 0. The first-order chi connectivity index (χ1) is 3.46. The van der Waals surface area contributed by atoms with E-state index < -0.39 is 21.6 Å². The van der Waals surface area contributed by atoms with Gasteiger partial charge < -0.3 is 28.0 Å². The molecule has 0 rings (SSSR count). The fourth-order valence-electron chi connectivity index (χ4n) is 0. The van der Waals surface area contributed by atoms with Crippen LogP contribution in [0.5, 0.6) is 0 Å². The van der Waals surface area contributed by atoms with E-state index in [1.807, 2.05) is 0 Å². The fraction of sp³-hybridized carbons (Fsp3) is 0. The first kappa shape index (κ1) is 16.6. The fourth-order valence-corrected chi connectivity index (χ4v) is 0. The molecular weight excluding hydrogens is 275 g/mol.